The average molecular weight is 257 g/mol. The van der Waals surface area contributed by atoms with Crippen molar-refractivity contribution in [2.75, 3.05) is 14.2 Å². The van der Waals surface area contributed by atoms with Crippen molar-refractivity contribution in [3.63, 3.8) is 0 Å². The van der Waals surface area contributed by atoms with Crippen LogP contribution in [0.4, 0.5) is 0 Å². The number of hydrogen-bond donors (Lipinski definition) is 0. The zero-order valence-electron chi connectivity index (χ0n) is 13.0. The Morgan fingerprint density at radius 2 is 1.61 bits per heavy atom. The summed E-state index contributed by atoms with van der Waals surface area (Å²) in [6, 6.07) is -0.433. The molecule has 0 N–H and O–H groups in total. The van der Waals surface area contributed by atoms with Crippen molar-refractivity contribution in [1.82, 2.24) is 4.90 Å². The van der Waals surface area contributed by atoms with Gasteiger partial charge in [0.05, 0.1) is 7.11 Å². The Hall–Kier alpha value is -1.19. The summed E-state index contributed by atoms with van der Waals surface area (Å²) < 4.78 is 10.6. The summed E-state index contributed by atoms with van der Waals surface area (Å²) in [6.45, 7) is 15.7. The maximum absolute atomic E-state index is 11.9. The smallest absolute Gasteiger partial charge is 0.329 e. The lowest BCUT2D eigenvalue weighted by molar-refractivity contribution is -0.152. The zero-order valence-corrected chi connectivity index (χ0v) is 13.0. The molecule has 0 unspecified atom stereocenters. The number of rotatable bonds is 4. The van der Waals surface area contributed by atoms with Crippen LogP contribution in [-0.2, 0) is 14.3 Å². The van der Waals surface area contributed by atoms with Gasteiger partial charge >= 0.3 is 5.97 Å². The van der Waals surface area contributed by atoms with Gasteiger partial charge in [-0.05, 0) is 32.8 Å². The summed E-state index contributed by atoms with van der Waals surface area (Å²) in [5.74, 6) is 0.177. The Labute approximate surface area is 111 Å². The van der Waals surface area contributed by atoms with E-state index in [0.29, 0.717) is 5.88 Å². The summed E-state index contributed by atoms with van der Waals surface area (Å²) in [6.07, 6.45) is 0. The molecule has 0 rings (SSSR count). The molecule has 0 saturated carbocycles. The minimum absolute atomic E-state index is 0.272. The standard InChI is InChI=1S/C14H27NO3/c1-10(18-14(5,6)7)15(8)11(12(16)17-9)13(2,3)4/h11H,1H2,2-9H3/t11-/m1/s1. The lowest BCUT2D eigenvalue weighted by Crippen LogP contribution is -2.48. The normalized spacial score (nSPS) is 13.8. The van der Waals surface area contributed by atoms with Crippen LogP contribution >= 0.6 is 0 Å². The first-order valence-electron chi connectivity index (χ1n) is 6.08. The number of carbonyl (C=O) groups excluding carboxylic acids is 1. The molecule has 0 aliphatic heterocycles. The molecule has 0 radical (unpaired) electrons. The van der Waals surface area contributed by atoms with Crippen molar-refractivity contribution in [3.8, 4) is 0 Å². The molecule has 0 fully saturated rings. The van der Waals surface area contributed by atoms with Gasteiger partial charge in [0.2, 0.25) is 0 Å². The predicted molar refractivity (Wildman–Crippen MR) is 73.0 cm³/mol. The minimum Gasteiger partial charge on any atom is -0.474 e. The number of nitrogens with zero attached hydrogens (tertiary/aromatic N) is 1. The van der Waals surface area contributed by atoms with E-state index in [0.717, 1.165) is 0 Å². The van der Waals surface area contributed by atoms with Crippen molar-refractivity contribution >= 4 is 5.97 Å². The maximum atomic E-state index is 11.9. The lowest BCUT2D eigenvalue weighted by atomic mass is 9.86. The highest BCUT2D eigenvalue weighted by Crippen LogP contribution is 2.28. The number of esters is 1. The summed E-state index contributed by atoms with van der Waals surface area (Å²) in [7, 11) is 3.18. The Balaban J connectivity index is 5.04. The van der Waals surface area contributed by atoms with Crippen molar-refractivity contribution in [2.45, 2.75) is 53.2 Å². The summed E-state index contributed by atoms with van der Waals surface area (Å²) >= 11 is 0. The monoisotopic (exact) mass is 257 g/mol. The summed E-state index contributed by atoms with van der Waals surface area (Å²) in [4.78, 5) is 13.6. The van der Waals surface area contributed by atoms with E-state index in [9.17, 15) is 4.79 Å². The highest BCUT2D eigenvalue weighted by Gasteiger charge is 2.37. The molecule has 0 amide bonds. The largest absolute Gasteiger partial charge is 0.474 e. The zero-order chi connectivity index (χ0) is 14.7. The molecular weight excluding hydrogens is 230 g/mol. The van der Waals surface area contributed by atoms with Crippen LogP contribution in [-0.4, -0.2) is 36.7 Å². The molecule has 0 saturated heterocycles. The highest BCUT2D eigenvalue weighted by atomic mass is 16.5. The quantitative estimate of drug-likeness (QED) is 0.573. The van der Waals surface area contributed by atoms with Crippen LogP contribution in [0.25, 0.3) is 0 Å². The molecule has 0 aromatic carbocycles. The van der Waals surface area contributed by atoms with Crippen LogP contribution in [0.2, 0.25) is 0 Å². The molecule has 0 bridgehead atoms. The first-order chi connectivity index (χ1) is 7.90. The molecule has 18 heavy (non-hydrogen) atoms. The van der Waals surface area contributed by atoms with Crippen molar-refractivity contribution in [2.24, 2.45) is 5.41 Å². The molecule has 4 nitrogen and oxygen atoms in total. The van der Waals surface area contributed by atoms with Gasteiger partial charge in [-0.2, -0.15) is 0 Å². The predicted octanol–water partition coefficient (Wildman–Crippen LogP) is 2.79. The molecule has 0 aromatic rings. The topological polar surface area (TPSA) is 38.8 Å². The van der Waals surface area contributed by atoms with E-state index < -0.39 is 6.04 Å². The first-order valence-corrected chi connectivity index (χ1v) is 6.08. The number of ether oxygens (including phenoxy) is 2. The van der Waals surface area contributed by atoms with E-state index in [2.05, 4.69) is 6.58 Å². The van der Waals surface area contributed by atoms with Crippen LogP contribution in [0.1, 0.15) is 41.5 Å². The second kappa shape index (κ2) is 5.63. The Bertz CT molecular complexity index is 310. The molecule has 0 aliphatic carbocycles. The first kappa shape index (κ1) is 16.8. The van der Waals surface area contributed by atoms with Gasteiger partial charge in [0.1, 0.15) is 11.6 Å². The van der Waals surface area contributed by atoms with E-state index in [4.69, 9.17) is 9.47 Å². The fraction of sp³-hybridized carbons (Fsp3) is 0.786. The molecule has 0 spiro atoms. The van der Waals surface area contributed by atoms with E-state index in [1.54, 1.807) is 11.9 Å². The van der Waals surface area contributed by atoms with Crippen molar-refractivity contribution in [3.05, 3.63) is 12.5 Å². The van der Waals surface area contributed by atoms with Crippen LogP contribution in [0.3, 0.4) is 0 Å². The fourth-order valence-corrected chi connectivity index (χ4v) is 1.77. The third-order valence-electron chi connectivity index (χ3n) is 2.45. The minimum atomic E-state index is -0.433. The van der Waals surface area contributed by atoms with Gasteiger partial charge in [0, 0.05) is 7.05 Å². The maximum Gasteiger partial charge on any atom is 0.329 e. The van der Waals surface area contributed by atoms with Gasteiger partial charge < -0.3 is 14.4 Å². The van der Waals surface area contributed by atoms with Gasteiger partial charge in [-0.1, -0.05) is 20.8 Å². The van der Waals surface area contributed by atoms with Crippen molar-refractivity contribution in [1.29, 1.82) is 0 Å². The van der Waals surface area contributed by atoms with Gasteiger partial charge in [-0.25, -0.2) is 4.79 Å². The van der Waals surface area contributed by atoms with Gasteiger partial charge in [0.25, 0.3) is 0 Å². The molecule has 1 atom stereocenters. The van der Waals surface area contributed by atoms with Crippen molar-refractivity contribution < 1.29 is 14.3 Å². The molecule has 0 aromatic heterocycles. The third kappa shape index (κ3) is 4.98. The summed E-state index contributed by atoms with van der Waals surface area (Å²) in [5, 5.41) is 0. The van der Waals surface area contributed by atoms with Gasteiger partial charge in [0.15, 0.2) is 5.88 Å². The second-order valence-electron chi connectivity index (χ2n) is 6.51. The number of likely N-dealkylation sites (N-methyl/N-ethyl adjacent to an activating group) is 1. The SMILES string of the molecule is C=C(OC(C)(C)C)N(C)[C@H](C(=O)OC)C(C)(C)C. The van der Waals surface area contributed by atoms with E-state index in [-0.39, 0.29) is 17.0 Å². The Kier molecular flexibility index (Phi) is 5.26. The average Bonchev–Trinajstić information content (AvgIpc) is 2.12. The molecular formula is C14H27NO3. The molecule has 4 heteroatoms. The van der Waals surface area contributed by atoms with Crippen LogP contribution < -0.4 is 0 Å². The molecule has 106 valence electrons. The van der Waals surface area contributed by atoms with Crippen LogP contribution in [0.15, 0.2) is 12.5 Å². The van der Waals surface area contributed by atoms with Crippen LogP contribution in [0, 0.1) is 5.41 Å². The number of methoxy groups -OCH3 is 1. The van der Waals surface area contributed by atoms with E-state index in [1.807, 2.05) is 41.5 Å². The van der Waals surface area contributed by atoms with E-state index in [1.165, 1.54) is 7.11 Å². The lowest BCUT2D eigenvalue weighted by Gasteiger charge is -2.39. The molecule has 0 aliphatic rings. The number of carbonyl (C=O) groups is 1. The number of hydrogen-bond acceptors (Lipinski definition) is 4. The fourth-order valence-electron chi connectivity index (χ4n) is 1.77. The van der Waals surface area contributed by atoms with Gasteiger partial charge in [-0.3, -0.25) is 0 Å². The second-order valence-corrected chi connectivity index (χ2v) is 6.51. The van der Waals surface area contributed by atoms with Gasteiger partial charge in [-0.15, -0.1) is 0 Å². The third-order valence-corrected chi connectivity index (χ3v) is 2.45. The van der Waals surface area contributed by atoms with E-state index >= 15 is 0 Å². The highest BCUT2D eigenvalue weighted by molar-refractivity contribution is 5.76. The Morgan fingerprint density at radius 3 is 1.89 bits per heavy atom. The Morgan fingerprint density at radius 1 is 1.17 bits per heavy atom. The summed E-state index contributed by atoms with van der Waals surface area (Å²) in [5.41, 5.74) is -0.615. The van der Waals surface area contributed by atoms with Crippen LogP contribution in [0.5, 0.6) is 0 Å². The molecule has 0 heterocycles.